The van der Waals surface area contributed by atoms with Gasteiger partial charge in [-0.25, -0.2) is 4.98 Å². The van der Waals surface area contributed by atoms with E-state index < -0.39 is 5.91 Å². The molecule has 0 saturated carbocycles. The Morgan fingerprint density at radius 2 is 2.56 bits per heavy atom. The summed E-state index contributed by atoms with van der Waals surface area (Å²) in [5.74, 6) is -0.521. The molecule has 3 heteroatoms. The minimum absolute atomic E-state index is 0.248. The molecule has 0 aliphatic rings. The van der Waals surface area contributed by atoms with E-state index in [0.29, 0.717) is 0 Å². The molecule has 0 spiro atoms. The summed E-state index contributed by atoms with van der Waals surface area (Å²) >= 11 is 0. The molecule has 45 valence electrons. The fourth-order valence-corrected chi connectivity index (χ4v) is 0.464. The van der Waals surface area contributed by atoms with Crippen LogP contribution >= 0.6 is 0 Å². The third-order valence-corrected chi connectivity index (χ3v) is 0.862. The SMILES string of the molecule is NC(=O)c1ccc[c]n1. The summed E-state index contributed by atoms with van der Waals surface area (Å²) in [5.41, 5.74) is 5.14. The van der Waals surface area contributed by atoms with Crippen molar-refractivity contribution in [1.82, 2.24) is 4.98 Å². The van der Waals surface area contributed by atoms with Crippen molar-refractivity contribution in [2.24, 2.45) is 5.73 Å². The van der Waals surface area contributed by atoms with E-state index in [-0.39, 0.29) is 5.69 Å². The van der Waals surface area contributed by atoms with Crippen molar-refractivity contribution in [3.8, 4) is 0 Å². The van der Waals surface area contributed by atoms with Gasteiger partial charge >= 0.3 is 0 Å². The smallest absolute Gasteiger partial charge is 0.267 e. The van der Waals surface area contributed by atoms with Crippen molar-refractivity contribution < 1.29 is 4.79 Å². The highest BCUT2D eigenvalue weighted by atomic mass is 16.1. The first kappa shape index (κ1) is 5.75. The fraction of sp³-hybridized carbons (Fsp3) is 0. The number of nitrogens with two attached hydrogens (primary N) is 1. The molecule has 1 aromatic rings. The number of hydrogen-bond acceptors (Lipinski definition) is 2. The molecular formula is C6H5N2O. The van der Waals surface area contributed by atoms with E-state index in [9.17, 15) is 4.79 Å². The van der Waals surface area contributed by atoms with E-state index in [0.717, 1.165) is 0 Å². The van der Waals surface area contributed by atoms with Crippen molar-refractivity contribution in [3.63, 3.8) is 0 Å². The van der Waals surface area contributed by atoms with Gasteiger partial charge in [0.15, 0.2) is 0 Å². The molecule has 0 aliphatic carbocycles. The maximum Gasteiger partial charge on any atom is 0.267 e. The predicted molar refractivity (Wildman–Crippen MR) is 31.6 cm³/mol. The average Bonchev–Trinajstić information content (AvgIpc) is 1.90. The number of carbonyl (C=O) groups is 1. The third-order valence-electron chi connectivity index (χ3n) is 0.862. The second kappa shape index (κ2) is 2.26. The quantitative estimate of drug-likeness (QED) is 0.567. The van der Waals surface area contributed by atoms with Crippen LogP contribution in [0.5, 0.6) is 0 Å². The Balaban J connectivity index is 2.98. The first-order valence-electron chi connectivity index (χ1n) is 2.43. The molecular weight excluding hydrogens is 116 g/mol. The number of rotatable bonds is 1. The van der Waals surface area contributed by atoms with Gasteiger partial charge in [0, 0.05) is 0 Å². The van der Waals surface area contributed by atoms with Gasteiger partial charge in [-0.2, -0.15) is 0 Å². The Labute approximate surface area is 52.5 Å². The average molecular weight is 121 g/mol. The van der Waals surface area contributed by atoms with Gasteiger partial charge in [-0.3, -0.25) is 4.79 Å². The molecule has 3 nitrogen and oxygen atoms in total. The molecule has 0 saturated heterocycles. The van der Waals surface area contributed by atoms with Gasteiger partial charge in [0.2, 0.25) is 0 Å². The van der Waals surface area contributed by atoms with Gasteiger partial charge in [0.05, 0.1) is 6.20 Å². The molecule has 1 aromatic heterocycles. The fourth-order valence-electron chi connectivity index (χ4n) is 0.464. The standard InChI is InChI=1S/C6H5N2O/c7-6(9)5-3-1-2-4-8-5/h1-3H,(H2,7,9). The monoisotopic (exact) mass is 121 g/mol. The Morgan fingerprint density at radius 3 is 2.89 bits per heavy atom. The first-order valence-corrected chi connectivity index (χ1v) is 2.43. The topological polar surface area (TPSA) is 56.0 Å². The Morgan fingerprint density at radius 1 is 1.78 bits per heavy atom. The molecule has 0 atom stereocenters. The molecule has 0 aromatic carbocycles. The van der Waals surface area contributed by atoms with Crippen LogP contribution in [0, 0.1) is 6.20 Å². The number of aromatic nitrogens is 1. The number of hydrogen-bond donors (Lipinski definition) is 1. The van der Waals surface area contributed by atoms with Crippen molar-refractivity contribution in [2.45, 2.75) is 0 Å². The summed E-state index contributed by atoms with van der Waals surface area (Å²) in [7, 11) is 0. The normalized spacial score (nSPS) is 8.89. The van der Waals surface area contributed by atoms with Crippen LogP contribution in [0.3, 0.4) is 0 Å². The minimum Gasteiger partial charge on any atom is -0.364 e. The Bertz CT molecular complexity index is 208. The summed E-state index contributed by atoms with van der Waals surface area (Å²) in [6, 6.07) is 4.80. The van der Waals surface area contributed by atoms with Crippen molar-refractivity contribution in [1.29, 1.82) is 0 Å². The van der Waals surface area contributed by atoms with Crippen LogP contribution < -0.4 is 5.73 Å². The van der Waals surface area contributed by atoms with E-state index in [1.807, 2.05) is 0 Å². The third kappa shape index (κ3) is 1.25. The van der Waals surface area contributed by atoms with Gasteiger partial charge < -0.3 is 5.73 Å². The zero-order valence-corrected chi connectivity index (χ0v) is 4.66. The maximum absolute atomic E-state index is 10.3. The molecule has 0 aliphatic heterocycles. The minimum atomic E-state index is -0.521. The highest BCUT2D eigenvalue weighted by Crippen LogP contribution is 1.88. The van der Waals surface area contributed by atoms with E-state index in [2.05, 4.69) is 11.2 Å². The Hall–Kier alpha value is -1.38. The predicted octanol–water partition coefficient (Wildman–Crippen LogP) is -0.0193. The second-order valence-corrected chi connectivity index (χ2v) is 1.52. The van der Waals surface area contributed by atoms with E-state index in [1.54, 1.807) is 18.2 Å². The molecule has 1 radical (unpaired) electrons. The molecule has 0 fully saturated rings. The molecule has 1 amide bonds. The summed E-state index contributed by atoms with van der Waals surface area (Å²) in [4.78, 5) is 13.9. The molecule has 1 heterocycles. The molecule has 9 heavy (non-hydrogen) atoms. The lowest BCUT2D eigenvalue weighted by molar-refractivity contribution is 0.0995. The van der Waals surface area contributed by atoms with E-state index >= 15 is 0 Å². The highest BCUT2D eigenvalue weighted by molar-refractivity contribution is 5.90. The molecule has 1 rings (SSSR count). The molecule has 2 N–H and O–H groups in total. The Kier molecular flexibility index (Phi) is 1.44. The van der Waals surface area contributed by atoms with Crippen LogP contribution in [0.4, 0.5) is 0 Å². The van der Waals surface area contributed by atoms with Crippen LogP contribution in [0.1, 0.15) is 10.5 Å². The zero-order valence-electron chi connectivity index (χ0n) is 4.66. The zero-order chi connectivity index (χ0) is 6.69. The summed E-state index contributed by atoms with van der Waals surface area (Å²) in [6.07, 6.45) is 2.49. The largest absolute Gasteiger partial charge is 0.364 e. The summed E-state index contributed by atoms with van der Waals surface area (Å²) in [6.45, 7) is 0. The maximum atomic E-state index is 10.3. The summed E-state index contributed by atoms with van der Waals surface area (Å²) in [5, 5.41) is 0. The van der Waals surface area contributed by atoms with Crippen LogP contribution in [0.25, 0.3) is 0 Å². The second-order valence-electron chi connectivity index (χ2n) is 1.52. The van der Waals surface area contributed by atoms with Gasteiger partial charge in [-0.05, 0) is 12.1 Å². The summed E-state index contributed by atoms with van der Waals surface area (Å²) < 4.78 is 0. The highest BCUT2D eigenvalue weighted by Gasteiger charge is 1.96. The van der Waals surface area contributed by atoms with Crippen molar-refractivity contribution >= 4 is 5.91 Å². The van der Waals surface area contributed by atoms with Gasteiger partial charge in [0.25, 0.3) is 5.91 Å². The van der Waals surface area contributed by atoms with Crippen LogP contribution in [0.15, 0.2) is 18.2 Å². The lowest BCUT2D eigenvalue weighted by Crippen LogP contribution is -2.12. The van der Waals surface area contributed by atoms with Crippen LogP contribution in [-0.2, 0) is 0 Å². The number of primary amides is 1. The number of nitrogens with zero attached hydrogens (tertiary/aromatic N) is 1. The van der Waals surface area contributed by atoms with Gasteiger partial charge in [-0.15, -0.1) is 0 Å². The molecule has 0 bridgehead atoms. The number of amides is 1. The lowest BCUT2D eigenvalue weighted by Gasteiger charge is -1.87. The van der Waals surface area contributed by atoms with Gasteiger partial charge in [0.1, 0.15) is 5.69 Å². The molecule has 0 unspecified atom stereocenters. The first-order chi connectivity index (χ1) is 4.30. The van der Waals surface area contributed by atoms with Crippen LogP contribution in [-0.4, -0.2) is 10.9 Å². The van der Waals surface area contributed by atoms with E-state index in [1.165, 1.54) is 0 Å². The number of carbonyl (C=O) groups excluding carboxylic acids is 1. The van der Waals surface area contributed by atoms with Crippen molar-refractivity contribution in [3.05, 3.63) is 30.1 Å². The van der Waals surface area contributed by atoms with Crippen molar-refractivity contribution in [2.75, 3.05) is 0 Å². The van der Waals surface area contributed by atoms with E-state index in [4.69, 9.17) is 5.73 Å². The van der Waals surface area contributed by atoms with Gasteiger partial charge in [-0.1, -0.05) is 6.07 Å². The lowest BCUT2D eigenvalue weighted by atomic mass is 10.3. The number of pyridine rings is 1. The van der Waals surface area contributed by atoms with Crippen LogP contribution in [0.2, 0.25) is 0 Å².